The van der Waals surface area contributed by atoms with E-state index in [0.717, 1.165) is 48.7 Å². The molecule has 23 heavy (non-hydrogen) atoms. The third kappa shape index (κ3) is 2.55. The highest BCUT2D eigenvalue weighted by Gasteiger charge is 2.44. The zero-order valence-corrected chi connectivity index (χ0v) is 13.6. The molecule has 0 atom stereocenters. The van der Waals surface area contributed by atoms with E-state index < -0.39 is 5.79 Å². The van der Waals surface area contributed by atoms with Crippen LogP contribution in [0.3, 0.4) is 0 Å². The lowest BCUT2D eigenvalue weighted by Crippen LogP contribution is -2.34. The highest BCUT2D eigenvalue weighted by molar-refractivity contribution is 7.08. The lowest BCUT2D eigenvalue weighted by Gasteiger charge is -2.21. The molecule has 1 saturated carbocycles. The lowest BCUT2D eigenvalue weighted by atomic mass is 10.2. The molecule has 1 aromatic carbocycles. The Balaban J connectivity index is 1.53. The van der Waals surface area contributed by atoms with Gasteiger partial charge in [0.05, 0.1) is 5.69 Å². The van der Waals surface area contributed by atoms with Crippen LogP contribution >= 0.6 is 11.5 Å². The van der Waals surface area contributed by atoms with E-state index in [1.807, 2.05) is 25.1 Å². The predicted molar refractivity (Wildman–Crippen MR) is 86.1 cm³/mol. The molecule has 2 aliphatic rings. The maximum atomic E-state index is 12.4. The third-order valence-corrected chi connectivity index (χ3v) is 5.02. The van der Waals surface area contributed by atoms with Gasteiger partial charge in [-0.3, -0.25) is 4.79 Å². The van der Waals surface area contributed by atoms with E-state index in [2.05, 4.69) is 14.9 Å². The van der Waals surface area contributed by atoms with Crippen LogP contribution in [0.2, 0.25) is 0 Å². The smallest absolute Gasteiger partial charge is 0.269 e. The minimum Gasteiger partial charge on any atom is -0.448 e. The lowest BCUT2D eigenvalue weighted by molar-refractivity contribution is -0.0716. The second kappa shape index (κ2) is 5.49. The molecule has 1 fully saturated rings. The van der Waals surface area contributed by atoms with Gasteiger partial charge in [0, 0.05) is 24.6 Å². The number of nitrogens with zero attached hydrogens (tertiary/aromatic N) is 2. The Morgan fingerprint density at radius 2 is 2.09 bits per heavy atom. The Bertz CT molecular complexity index is 753. The van der Waals surface area contributed by atoms with Crippen LogP contribution in [0, 0.1) is 0 Å². The SMILES string of the molecule is CCc1nnsc1C(=O)Nc1ccc2c(c1)OC1(CCCC1)O2. The van der Waals surface area contributed by atoms with Crippen molar-refractivity contribution in [1.82, 2.24) is 9.59 Å². The summed E-state index contributed by atoms with van der Waals surface area (Å²) in [6.07, 6.45) is 4.75. The summed E-state index contributed by atoms with van der Waals surface area (Å²) in [5, 5.41) is 6.85. The quantitative estimate of drug-likeness (QED) is 0.933. The van der Waals surface area contributed by atoms with Crippen molar-refractivity contribution in [1.29, 1.82) is 0 Å². The minimum atomic E-state index is -0.484. The molecule has 0 radical (unpaired) electrons. The van der Waals surface area contributed by atoms with Crippen LogP contribution in [-0.4, -0.2) is 21.3 Å². The number of anilines is 1. The van der Waals surface area contributed by atoms with Gasteiger partial charge in [0.25, 0.3) is 11.7 Å². The van der Waals surface area contributed by atoms with Gasteiger partial charge in [0.2, 0.25) is 0 Å². The predicted octanol–water partition coefficient (Wildman–Crippen LogP) is 3.39. The van der Waals surface area contributed by atoms with Gasteiger partial charge in [-0.05, 0) is 42.9 Å². The summed E-state index contributed by atoms with van der Waals surface area (Å²) in [4.78, 5) is 12.9. The summed E-state index contributed by atoms with van der Waals surface area (Å²) in [5.74, 6) is 0.773. The standard InChI is InChI=1S/C16H17N3O3S/c1-2-11-14(23-19-18-11)15(20)17-10-5-6-12-13(9-10)22-16(21-12)7-3-4-8-16/h5-6,9H,2-4,7-8H2,1H3,(H,17,20). The van der Waals surface area contributed by atoms with Crippen molar-refractivity contribution < 1.29 is 14.3 Å². The largest absolute Gasteiger partial charge is 0.448 e. The van der Waals surface area contributed by atoms with Crippen LogP contribution in [0.5, 0.6) is 11.5 Å². The molecule has 0 saturated heterocycles. The third-order valence-electron chi connectivity index (χ3n) is 4.26. The molecular weight excluding hydrogens is 314 g/mol. The maximum absolute atomic E-state index is 12.4. The highest BCUT2D eigenvalue weighted by Crippen LogP contribution is 2.47. The average Bonchev–Trinajstić information content (AvgIpc) is 3.26. The first-order valence-corrected chi connectivity index (χ1v) is 8.61. The van der Waals surface area contributed by atoms with Gasteiger partial charge in [-0.2, -0.15) is 0 Å². The van der Waals surface area contributed by atoms with Crippen LogP contribution in [-0.2, 0) is 6.42 Å². The van der Waals surface area contributed by atoms with Gasteiger partial charge >= 0.3 is 0 Å². The number of benzene rings is 1. The monoisotopic (exact) mass is 331 g/mol. The van der Waals surface area contributed by atoms with Gasteiger partial charge < -0.3 is 14.8 Å². The molecule has 120 valence electrons. The van der Waals surface area contributed by atoms with E-state index in [9.17, 15) is 4.79 Å². The Morgan fingerprint density at radius 1 is 1.30 bits per heavy atom. The van der Waals surface area contributed by atoms with Crippen molar-refractivity contribution in [3.63, 3.8) is 0 Å². The molecule has 4 rings (SSSR count). The summed E-state index contributed by atoms with van der Waals surface area (Å²) in [7, 11) is 0. The number of fused-ring (bicyclic) bond motifs is 1. The summed E-state index contributed by atoms with van der Waals surface area (Å²) in [5.41, 5.74) is 1.40. The Hall–Kier alpha value is -2.15. The number of rotatable bonds is 3. The number of aromatic nitrogens is 2. The van der Waals surface area contributed by atoms with Crippen LogP contribution in [0.1, 0.15) is 48.0 Å². The van der Waals surface area contributed by atoms with E-state index in [-0.39, 0.29) is 5.91 Å². The van der Waals surface area contributed by atoms with Gasteiger partial charge in [0.15, 0.2) is 11.5 Å². The van der Waals surface area contributed by atoms with Crippen molar-refractivity contribution in [3.8, 4) is 11.5 Å². The molecular formula is C16H17N3O3S. The number of ether oxygens (including phenoxy) is 2. The fourth-order valence-corrected chi connectivity index (χ4v) is 3.74. The van der Waals surface area contributed by atoms with Crippen LogP contribution < -0.4 is 14.8 Å². The minimum absolute atomic E-state index is 0.189. The first-order valence-electron chi connectivity index (χ1n) is 7.84. The second-order valence-electron chi connectivity index (χ2n) is 5.84. The van der Waals surface area contributed by atoms with Crippen LogP contribution in [0.15, 0.2) is 18.2 Å². The maximum Gasteiger partial charge on any atom is 0.269 e. The Kier molecular flexibility index (Phi) is 3.45. The zero-order valence-electron chi connectivity index (χ0n) is 12.8. The Morgan fingerprint density at radius 3 is 2.87 bits per heavy atom. The normalized spacial score (nSPS) is 17.6. The zero-order chi connectivity index (χ0) is 15.9. The van der Waals surface area contributed by atoms with E-state index in [1.54, 1.807) is 0 Å². The van der Waals surface area contributed by atoms with Gasteiger partial charge in [-0.1, -0.05) is 11.4 Å². The van der Waals surface area contributed by atoms with E-state index >= 15 is 0 Å². The molecule has 1 N–H and O–H groups in total. The molecule has 1 amide bonds. The number of nitrogens with one attached hydrogen (secondary N) is 1. The van der Waals surface area contributed by atoms with Crippen molar-refractivity contribution >= 4 is 23.1 Å². The van der Waals surface area contributed by atoms with Gasteiger partial charge in [-0.15, -0.1) is 5.10 Å². The molecule has 1 aromatic heterocycles. The number of hydrogen-bond donors (Lipinski definition) is 1. The van der Waals surface area contributed by atoms with E-state index in [4.69, 9.17) is 9.47 Å². The van der Waals surface area contributed by atoms with E-state index in [0.29, 0.717) is 22.7 Å². The summed E-state index contributed by atoms with van der Waals surface area (Å²) < 4.78 is 15.8. The molecule has 0 bridgehead atoms. The summed E-state index contributed by atoms with van der Waals surface area (Å²) in [6, 6.07) is 5.50. The molecule has 2 heterocycles. The van der Waals surface area contributed by atoms with Gasteiger partial charge in [-0.25, -0.2) is 0 Å². The molecule has 6 nitrogen and oxygen atoms in total. The van der Waals surface area contributed by atoms with Crippen molar-refractivity contribution in [2.45, 2.75) is 44.8 Å². The highest BCUT2D eigenvalue weighted by atomic mass is 32.1. The molecule has 1 spiro atoms. The number of hydrogen-bond acceptors (Lipinski definition) is 6. The second-order valence-corrected chi connectivity index (χ2v) is 6.59. The molecule has 0 unspecified atom stereocenters. The van der Waals surface area contributed by atoms with Gasteiger partial charge in [0.1, 0.15) is 4.88 Å². The summed E-state index contributed by atoms with van der Waals surface area (Å²) >= 11 is 1.11. The summed E-state index contributed by atoms with van der Waals surface area (Å²) in [6.45, 7) is 1.95. The Labute approximate surface area is 138 Å². The van der Waals surface area contributed by atoms with E-state index in [1.165, 1.54) is 0 Å². The topological polar surface area (TPSA) is 73.3 Å². The fraction of sp³-hybridized carbons (Fsp3) is 0.438. The molecule has 1 aliphatic carbocycles. The van der Waals surface area contributed by atoms with Crippen molar-refractivity contribution in [2.75, 3.05) is 5.32 Å². The average molecular weight is 331 g/mol. The van der Waals surface area contributed by atoms with Crippen LogP contribution in [0.25, 0.3) is 0 Å². The van der Waals surface area contributed by atoms with Crippen molar-refractivity contribution in [2.24, 2.45) is 0 Å². The molecule has 2 aromatic rings. The van der Waals surface area contributed by atoms with Crippen molar-refractivity contribution in [3.05, 3.63) is 28.8 Å². The first kappa shape index (κ1) is 14.4. The fourth-order valence-electron chi connectivity index (χ4n) is 3.09. The van der Waals surface area contributed by atoms with Crippen LogP contribution in [0.4, 0.5) is 5.69 Å². The number of aryl methyl sites for hydroxylation is 1. The first-order chi connectivity index (χ1) is 11.2. The number of carbonyl (C=O) groups excluding carboxylic acids is 1. The molecule has 1 aliphatic heterocycles. The number of carbonyl (C=O) groups is 1. The molecule has 7 heteroatoms. The number of amides is 1.